The van der Waals surface area contributed by atoms with Gasteiger partial charge in [-0.2, -0.15) is 5.26 Å². The van der Waals surface area contributed by atoms with Crippen LogP contribution in [0.4, 0.5) is 0 Å². The Hall–Kier alpha value is -0.620. The van der Waals surface area contributed by atoms with E-state index >= 15 is 0 Å². The molecule has 0 bridgehead atoms. The topological polar surface area (TPSA) is 27.0 Å². The van der Waals surface area contributed by atoms with Crippen molar-refractivity contribution >= 4 is 11.8 Å². The molecule has 0 aromatic carbocycles. The minimum atomic E-state index is 0.645. The van der Waals surface area contributed by atoms with Crippen molar-refractivity contribution in [2.24, 2.45) is 0 Å². The third-order valence-corrected chi connectivity index (χ3v) is 4.25. The highest BCUT2D eigenvalue weighted by atomic mass is 32.2. The average Bonchev–Trinajstić information content (AvgIpc) is 2.47. The average molecular weight is 194 g/mol. The summed E-state index contributed by atoms with van der Waals surface area (Å²) in [6.07, 6.45) is 2.12. The second-order valence-corrected chi connectivity index (χ2v) is 5.39. The van der Waals surface area contributed by atoms with Crippen molar-refractivity contribution in [2.45, 2.75) is 37.3 Å². The Bertz CT molecular complexity index is 290. The van der Waals surface area contributed by atoms with Gasteiger partial charge in [0.05, 0.1) is 11.4 Å². The standard InChI is InChI=1S/C10H14N2S/c1-7-6-12-8(2)9(5-11)3-4-10(12)13-7/h7,10H,3-4,6H2,1-2H3/t7-,10+/m0/s1. The molecule has 0 unspecified atom stereocenters. The lowest BCUT2D eigenvalue weighted by Crippen LogP contribution is -2.31. The molecule has 0 saturated carbocycles. The van der Waals surface area contributed by atoms with E-state index in [0.717, 1.165) is 30.2 Å². The molecular weight excluding hydrogens is 180 g/mol. The monoisotopic (exact) mass is 194 g/mol. The fourth-order valence-electron chi connectivity index (χ4n) is 2.11. The third-order valence-electron chi connectivity index (χ3n) is 2.83. The molecule has 2 atom stereocenters. The van der Waals surface area contributed by atoms with Gasteiger partial charge in [-0.3, -0.25) is 0 Å². The molecule has 0 amide bonds. The van der Waals surface area contributed by atoms with Gasteiger partial charge in [0.15, 0.2) is 0 Å². The van der Waals surface area contributed by atoms with Crippen LogP contribution in [0.1, 0.15) is 26.7 Å². The molecule has 1 fully saturated rings. The van der Waals surface area contributed by atoms with Crippen LogP contribution in [0.2, 0.25) is 0 Å². The SMILES string of the molecule is CC1=C(C#N)CC[C@H]2S[C@@H](C)CN12. The molecule has 2 aliphatic heterocycles. The minimum Gasteiger partial charge on any atom is -0.361 e. The Labute approximate surface area is 83.6 Å². The van der Waals surface area contributed by atoms with E-state index in [9.17, 15) is 0 Å². The minimum absolute atomic E-state index is 0.645. The van der Waals surface area contributed by atoms with Gasteiger partial charge in [-0.1, -0.05) is 6.92 Å². The van der Waals surface area contributed by atoms with Crippen LogP contribution in [-0.4, -0.2) is 22.1 Å². The highest BCUT2D eigenvalue weighted by Gasteiger charge is 2.34. The molecule has 2 heterocycles. The summed E-state index contributed by atoms with van der Waals surface area (Å²) in [5.74, 6) is 0. The van der Waals surface area contributed by atoms with Gasteiger partial charge in [-0.15, -0.1) is 11.8 Å². The van der Waals surface area contributed by atoms with Crippen LogP contribution < -0.4 is 0 Å². The van der Waals surface area contributed by atoms with Gasteiger partial charge in [0.2, 0.25) is 0 Å². The molecule has 2 nitrogen and oxygen atoms in total. The first-order valence-corrected chi connectivity index (χ1v) is 5.68. The van der Waals surface area contributed by atoms with Crippen LogP contribution in [0.15, 0.2) is 11.3 Å². The molecule has 0 aliphatic carbocycles. The summed E-state index contributed by atoms with van der Waals surface area (Å²) < 4.78 is 0. The van der Waals surface area contributed by atoms with E-state index in [1.165, 1.54) is 5.70 Å². The number of fused-ring (bicyclic) bond motifs is 1. The summed E-state index contributed by atoms with van der Waals surface area (Å²) in [4.78, 5) is 2.40. The first-order chi connectivity index (χ1) is 6.22. The van der Waals surface area contributed by atoms with Gasteiger partial charge in [0.25, 0.3) is 0 Å². The molecule has 0 N–H and O–H groups in total. The van der Waals surface area contributed by atoms with E-state index in [1.807, 2.05) is 11.8 Å². The first kappa shape index (κ1) is 8.96. The molecular formula is C10H14N2S. The van der Waals surface area contributed by atoms with Crippen molar-refractivity contribution in [3.63, 3.8) is 0 Å². The zero-order valence-electron chi connectivity index (χ0n) is 8.08. The van der Waals surface area contributed by atoms with Crippen molar-refractivity contribution in [1.82, 2.24) is 4.90 Å². The van der Waals surface area contributed by atoms with Crippen LogP contribution in [0.25, 0.3) is 0 Å². The maximum atomic E-state index is 8.91. The highest BCUT2D eigenvalue weighted by Crippen LogP contribution is 2.40. The van der Waals surface area contributed by atoms with E-state index in [4.69, 9.17) is 5.26 Å². The summed E-state index contributed by atoms with van der Waals surface area (Å²) >= 11 is 2.05. The number of nitrogens with zero attached hydrogens (tertiary/aromatic N) is 2. The lowest BCUT2D eigenvalue weighted by molar-refractivity contribution is 0.318. The zero-order chi connectivity index (χ0) is 9.42. The predicted octanol–water partition coefficient (Wildman–Crippen LogP) is 2.34. The molecule has 2 rings (SSSR count). The van der Waals surface area contributed by atoms with E-state index < -0.39 is 0 Å². The summed E-state index contributed by atoms with van der Waals surface area (Å²) in [5.41, 5.74) is 2.21. The number of hydrogen-bond donors (Lipinski definition) is 0. The lowest BCUT2D eigenvalue weighted by Gasteiger charge is -2.31. The summed E-state index contributed by atoms with van der Waals surface area (Å²) in [6, 6.07) is 2.31. The Morgan fingerprint density at radius 1 is 1.62 bits per heavy atom. The maximum absolute atomic E-state index is 8.91. The van der Waals surface area contributed by atoms with Gasteiger partial charge in [-0.05, 0) is 19.8 Å². The van der Waals surface area contributed by atoms with E-state index in [0.29, 0.717) is 5.37 Å². The molecule has 13 heavy (non-hydrogen) atoms. The fourth-order valence-corrected chi connectivity index (χ4v) is 3.54. The van der Waals surface area contributed by atoms with Crippen molar-refractivity contribution < 1.29 is 0 Å². The smallest absolute Gasteiger partial charge is 0.0965 e. The largest absolute Gasteiger partial charge is 0.361 e. The molecule has 1 saturated heterocycles. The predicted molar refractivity (Wildman–Crippen MR) is 55.1 cm³/mol. The molecule has 3 heteroatoms. The number of hydrogen-bond acceptors (Lipinski definition) is 3. The Morgan fingerprint density at radius 2 is 2.38 bits per heavy atom. The van der Waals surface area contributed by atoms with E-state index in [-0.39, 0.29) is 0 Å². The highest BCUT2D eigenvalue weighted by molar-refractivity contribution is 8.00. The molecule has 70 valence electrons. The summed E-state index contributed by atoms with van der Waals surface area (Å²) in [7, 11) is 0. The molecule has 0 aromatic rings. The van der Waals surface area contributed by atoms with E-state index in [2.05, 4.69) is 24.8 Å². The Kier molecular flexibility index (Phi) is 2.25. The lowest BCUT2D eigenvalue weighted by atomic mass is 10.0. The maximum Gasteiger partial charge on any atom is 0.0965 e. The van der Waals surface area contributed by atoms with Crippen molar-refractivity contribution in [3.05, 3.63) is 11.3 Å². The molecule has 0 radical (unpaired) electrons. The normalized spacial score (nSPS) is 33.2. The second kappa shape index (κ2) is 3.26. The molecule has 2 aliphatic rings. The number of thioether (sulfide) groups is 1. The first-order valence-electron chi connectivity index (χ1n) is 4.74. The summed E-state index contributed by atoms with van der Waals surface area (Å²) in [5, 5.41) is 10.3. The van der Waals surface area contributed by atoms with Crippen LogP contribution in [0.3, 0.4) is 0 Å². The van der Waals surface area contributed by atoms with Crippen molar-refractivity contribution in [3.8, 4) is 6.07 Å². The van der Waals surface area contributed by atoms with Gasteiger partial charge < -0.3 is 4.90 Å². The van der Waals surface area contributed by atoms with Gasteiger partial charge in [0.1, 0.15) is 0 Å². The Morgan fingerprint density at radius 3 is 3.08 bits per heavy atom. The van der Waals surface area contributed by atoms with E-state index in [1.54, 1.807) is 0 Å². The quantitative estimate of drug-likeness (QED) is 0.592. The number of rotatable bonds is 0. The van der Waals surface area contributed by atoms with Crippen LogP contribution in [0, 0.1) is 11.3 Å². The van der Waals surface area contributed by atoms with Crippen molar-refractivity contribution in [1.29, 1.82) is 5.26 Å². The summed E-state index contributed by atoms with van der Waals surface area (Å²) in [6.45, 7) is 5.47. The van der Waals surface area contributed by atoms with Gasteiger partial charge in [-0.25, -0.2) is 0 Å². The number of nitriles is 1. The van der Waals surface area contributed by atoms with Gasteiger partial charge in [0, 0.05) is 23.1 Å². The molecule has 0 aromatic heterocycles. The Balaban J connectivity index is 2.25. The van der Waals surface area contributed by atoms with Crippen LogP contribution >= 0.6 is 11.8 Å². The van der Waals surface area contributed by atoms with Crippen molar-refractivity contribution in [2.75, 3.05) is 6.54 Å². The fraction of sp³-hybridized carbons (Fsp3) is 0.700. The third kappa shape index (κ3) is 1.44. The number of allylic oxidation sites excluding steroid dienone is 2. The zero-order valence-corrected chi connectivity index (χ0v) is 8.90. The molecule has 0 spiro atoms. The second-order valence-electron chi connectivity index (χ2n) is 3.77. The van der Waals surface area contributed by atoms with Crippen LogP contribution in [0.5, 0.6) is 0 Å². The van der Waals surface area contributed by atoms with Gasteiger partial charge >= 0.3 is 0 Å². The van der Waals surface area contributed by atoms with Crippen LogP contribution in [-0.2, 0) is 0 Å².